The molecule has 0 fully saturated rings. The molecule has 0 radical (unpaired) electrons. The van der Waals surface area contributed by atoms with Gasteiger partial charge in [-0.25, -0.2) is 0 Å². The zero-order valence-electron chi connectivity index (χ0n) is 12.9. The van der Waals surface area contributed by atoms with Crippen molar-refractivity contribution in [3.05, 3.63) is 29.8 Å². The van der Waals surface area contributed by atoms with Crippen molar-refractivity contribution in [3.8, 4) is 0 Å². The van der Waals surface area contributed by atoms with Crippen molar-refractivity contribution in [2.75, 3.05) is 25.6 Å². The average Bonchev–Trinajstić information content (AvgIpc) is 2.44. The van der Waals surface area contributed by atoms with Crippen LogP contribution in [0.1, 0.15) is 37.6 Å². The number of nitrogens with one attached hydrogen (secondary N) is 2. The smallest absolute Gasteiger partial charge is 0.251 e. The Morgan fingerprint density at radius 1 is 1.35 bits per heavy atom. The second-order valence-corrected chi connectivity index (χ2v) is 5.29. The monoisotopic (exact) mass is 278 g/mol. The zero-order valence-corrected chi connectivity index (χ0v) is 12.9. The third-order valence-corrected chi connectivity index (χ3v) is 3.16. The van der Waals surface area contributed by atoms with Crippen LogP contribution in [-0.4, -0.2) is 32.2 Å². The van der Waals surface area contributed by atoms with Crippen molar-refractivity contribution in [1.82, 2.24) is 5.32 Å². The van der Waals surface area contributed by atoms with Crippen LogP contribution in [0.25, 0.3) is 0 Å². The van der Waals surface area contributed by atoms with Gasteiger partial charge >= 0.3 is 0 Å². The Hall–Kier alpha value is -1.55. The van der Waals surface area contributed by atoms with Gasteiger partial charge in [-0.05, 0) is 30.5 Å². The van der Waals surface area contributed by atoms with Crippen molar-refractivity contribution in [2.45, 2.75) is 33.2 Å². The molecule has 0 aliphatic rings. The summed E-state index contributed by atoms with van der Waals surface area (Å²) in [5.74, 6) is 0.427. The van der Waals surface area contributed by atoms with Crippen molar-refractivity contribution in [1.29, 1.82) is 0 Å². The van der Waals surface area contributed by atoms with Crippen molar-refractivity contribution in [3.63, 3.8) is 0 Å². The Bertz CT molecular complexity index is 419. The molecule has 4 nitrogen and oxygen atoms in total. The van der Waals surface area contributed by atoms with Gasteiger partial charge < -0.3 is 15.4 Å². The van der Waals surface area contributed by atoms with Gasteiger partial charge in [0.1, 0.15) is 0 Å². The molecule has 0 aliphatic heterocycles. The zero-order chi connectivity index (χ0) is 15.0. The summed E-state index contributed by atoms with van der Waals surface area (Å²) >= 11 is 0. The Morgan fingerprint density at radius 3 is 2.70 bits per heavy atom. The fourth-order valence-corrected chi connectivity index (χ4v) is 1.89. The Labute approximate surface area is 121 Å². The molecule has 1 atom stereocenters. The number of amides is 1. The number of carbonyl (C=O) groups excluding carboxylic acids is 1. The van der Waals surface area contributed by atoms with Gasteiger partial charge in [-0.2, -0.15) is 0 Å². The van der Waals surface area contributed by atoms with Gasteiger partial charge in [0.2, 0.25) is 0 Å². The molecule has 0 aromatic heterocycles. The van der Waals surface area contributed by atoms with Crippen LogP contribution >= 0.6 is 0 Å². The standard InChI is InChI=1S/C16H26N2O2/c1-5-9-17-16(19)13-7-6-8-14(10-13)18-15(11-20-4)12(2)3/h6-8,10,12,15,18H,5,9,11H2,1-4H3,(H,17,19). The van der Waals surface area contributed by atoms with E-state index in [0.29, 0.717) is 24.6 Å². The lowest BCUT2D eigenvalue weighted by Crippen LogP contribution is -2.30. The summed E-state index contributed by atoms with van der Waals surface area (Å²) in [6, 6.07) is 7.82. The predicted molar refractivity (Wildman–Crippen MR) is 83.2 cm³/mol. The SMILES string of the molecule is CCCNC(=O)c1cccc(NC(COC)C(C)C)c1. The maximum absolute atomic E-state index is 11.9. The lowest BCUT2D eigenvalue weighted by atomic mass is 10.0. The predicted octanol–water partition coefficient (Wildman–Crippen LogP) is 2.91. The molecule has 1 aromatic rings. The maximum atomic E-state index is 11.9. The van der Waals surface area contributed by atoms with Crippen molar-refractivity contribution in [2.24, 2.45) is 5.92 Å². The highest BCUT2D eigenvalue weighted by atomic mass is 16.5. The molecule has 1 unspecified atom stereocenters. The fourth-order valence-electron chi connectivity index (χ4n) is 1.89. The first-order valence-electron chi connectivity index (χ1n) is 7.22. The molecule has 0 bridgehead atoms. The van der Waals surface area contributed by atoms with E-state index in [4.69, 9.17) is 4.74 Å². The minimum Gasteiger partial charge on any atom is -0.383 e. The van der Waals surface area contributed by atoms with E-state index in [9.17, 15) is 4.79 Å². The van der Waals surface area contributed by atoms with Crippen LogP contribution in [0.2, 0.25) is 0 Å². The van der Waals surface area contributed by atoms with Gasteiger partial charge in [0.25, 0.3) is 5.91 Å². The van der Waals surface area contributed by atoms with Gasteiger partial charge in [-0.15, -0.1) is 0 Å². The largest absolute Gasteiger partial charge is 0.383 e. The molecule has 0 spiro atoms. The molecule has 0 saturated heterocycles. The number of hydrogen-bond donors (Lipinski definition) is 2. The van der Waals surface area contributed by atoms with E-state index >= 15 is 0 Å². The Morgan fingerprint density at radius 2 is 2.10 bits per heavy atom. The molecular formula is C16H26N2O2. The highest BCUT2D eigenvalue weighted by Gasteiger charge is 2.13. The number of rotatable bonds is 8. The number of hydrogen-bond acceptors (Lipinski definition) is 3. The minimum absolute atomic E-state index is 0.0247. The first-order valence-corrected chi connectivity index (χ1v) is 7.22. The number of ether oxygens (including phenoxy) is 1. The van der Waals surface area contributed by atoms with Crippen LogP contribution in [0.3, 0.4) is 0 Å². The molecule has 2 N–H and O–H groups in total. The number of carbonyl (C=O) groups is 1. The van der Waals surface area contributed by atoms with Crippen LogP contribution in [-0.2, 0) is 4.74 Å². The minimum atomic E-state index is -0.0247. The molecule has 1 amide bonds. The van der Waals surface area contributed by atoms with Crippen LogP contribution in [0.5, 0.6) is 0 Å². The van der Waals surface area contributed by atoms with Gasteiger partial charge in [0.15, 0.2) is 0 Å². The number of anilines is 1. The van der Waals surface area contributed by atoms with Crippen molar-refractivity contribution < 1.29 is 9.53 Å². The molecule has 1 rings (SSSR count). The van der Waals surface area contributed by atoms with Crippen LogP contribution < -0.4 is 10.6 Å². The Kier molecular flexibility index (Phi) is 7.09. The van der Waals surface area contributed by atoms with E-state index < -0.39 is 0 Å². The summed E-state index contributed by atoms with van der Waals surface area (Å²) in [6.45, 7) is 7.68. The summed E-state index contributed by atoms with van der Waals surface area (Å²) in [7, 11) is 1.70. The number of methoxy groups -OCH3 is 1. The van der Waals surface area contributed by atoms with Crippen LogP contribution in [0.15, 0.2) is 24.3 Å². The lowest BCUT2D eigenvalue weighted by Gasteiger charge is -2.23. The molecule has 0 aliphatic carbocycles. The summed E-state index contributed by atoms with van der Waals surface area (Å²) in [4.78, 5) is 11.9. The average molecular weight is 278 g/mol. The highest BCUT2D eigenvalue weighted by molar-refractivity contribution is 5.95. The van der Waals surface area contributed by atoms with Crippen LogP contribution in [0, 0.1) is 5.92 Å². The molecule has 1 aromatic carbocycles. The topological polar surface area (TPSA) is 50.4 Å². The second-order valence-electron chi connectivity index (χ2n) is 5.29. The van der Waals surface area contributed by atoms with E-state index in [1.54, 1.807) is 7.11 Å². The summed E-state index contributed by atoms with van der Waals surface area (Å²) in [5.41, 5.74) is 1.63. The maximum Gasteiger partial charge on any atom is 0.251 e. The fraction of sp³-hybridized carbons (Fsp3) is 0.562. The van der Waals surface area contributed by atoms with E-state index in [0.717, 1.165) is 12.1 Å². The van der Waals surface area contributed by atoms with E-state index in [1.165, 1.54) is 0 Å². The molecule has 0 saturated carbocycles. The van der Waals surface area contributed by atoms with Crippen LogP contribution in [0.4, 0.5) is 5.69 Å². The Balaban J connectivity index is 2.74. The first kappa shape index (κ1) is 16.5. The lowest BCUT2D eigenvalue weighted by molar-refractivity contribution is 0.0953. The summed E-state index contributed by atoms with van der Waals surface area (Å²) in [5, 5.41) is 6.31. The van der Waals surface area contributed by atoms with E-state index in [1.807, 2.05) is 31.2 Å². The molecule has 20 heavy (non-hydrogen) atoms. The van der Waals surface area contributed by atoms with E-state index in [2.05, 4.69) is 24.5 Å². The third-order valence-electron chi connectivity index (χ3n) is 3.16. The van der Waals surface area contributed by atoms with Crippen molar-refractivity contribution >= 4 is 11.6 Å². The van der Waals surface area contributed by atoms with Gasteiger partial charge in [-0.3, -0.25) is 4.79 Å². The summed E-state index contributed by atoms with van der Waals surface area (Å²) in [6.07, 6.45) is 0.937. The normalized spacial score (nSPS) is 12.2. The first-order chi connectivity index (χ1) is 9.58. The summed E-state index contributed by atoms with van der Waals surface area (Å²) < 4.78 is 5.23. The highest BCUT2D eigenvalue weighted by Crippen LogP contribution is 2.15. The third kappa shape index (κ3) is 5.21. The molecule has 4 heteroatoms. The molecular weight excluding hydrogens is 252 g/mol. The van der Waals surface area contributed by atoms with Gasteiger partial charge in [-0.1, -0.05) is 26.8 Å². The quantitative estimate of drug-likeness (QED) is 0.768. The molecule has 112 valence electrons. The van der Waals surface area contributed by atoms with E-state index in [-0.39, 0.29) is 11.9 Å². The van der Waals surface area contributed by atoms with Gasteiger partial charge in [0.05, 0.1) is 12.6 Å². The second kappa shape index (κ2) is 8.59. The molecule has 0 heterocycles. The number of benzene rings is 1. The van der Waals surface area contributed by atoms with Gasteiger partial charge in [0, 0.05) is 24.9 Å².